The van der Waals surface area contributed by atoms with Crippen LogP contribution in [0.25, 0.3) is 11.0 Å². The molecule has 4 heterocycles. The lowest BCUT2D eigenvalue weighted by Gasteiger charge is -2.23. The summed E-state index contributed by atoms with van der Waals surface area (Å²) in [4.78, 5) is 18.8. The van der Waals surface area contributed by atoms with Gasteiger partial charge in [0.25, 0.3) is 0 Å². The molecule has 1 amide bonds. The quantitative estimate of drug-likeness (QED) is 0.487. The van der Waals surface area contributed by atoms with E-state index in [9.17, 15) is 9.90 Å². The van der Waals surface area contributed by atoms with Crippen LogP contribution in [-0.2, 0) is 14.2 Å². The fraction of sp³-hybridized carbons (Fsp3) is 0.529. The summed E-state index contributed by atoms with van der Waals surface area (Å²) in [6.07, 6.45) is -2.23. The molecule has 0 aliphatic carbocycles. The minimum atomic E-state index is -1.18. The van der Waals surface area contributed by atoms with E-state index in [1.165, 1.54) is 11.0 Å². The Morgan fingerprint density at radius 3 is 2.86 bits per heavy atom. The third kappa shape index (κ3) is 3.45. The van der Waals surface area contributed by atoms with Gasteiger partial charge in [-0.2, -0.15) is 5.10 Å². The number of anilines is 1. The topological polar surface area (TPSA) is 167 Å². The third-order valence-corrected chi connectivity index (χ3v) is 4.60. The number of carboxylic acid groups (broad SMARTS) is 1. The highest BCUT2D eigenvalue weighted by molar-refractivity contribution is 5.90. The van der Waals surface area contributed by atoms with Crippen LogP contribution in [0.2, 0.25) is 0 Å². The molecule has 0 bridgehead atoms. The maximum atomic E-state index is 10.6. The van der Waals surface area contributed by atoms with Crippen LogP contribution >= 0.6 is 0 Å². The highest BCUT2D eigenvalue weighted by Gasteiger charge is 2.56. The predicted octanol–water partition coefficient (Wildman–Crippen LogP) is -0.563. The van der Waals surface area contributed by atoms with Gasteiger partial charge in [-0.1, -0.05) is 5.92 Å². The van der Waals surface area contributed by atoms with Crippen LogP contribution in [0, 0.1) is 11.8 Å². The van der Waals surface area contributed by atoms with Gasteiger partial charge < -0.3 is 35.5 Å². The van der Waals surface area contributed by atoms with E-state index in [0.29, 0.717) is 11.0 Å². The van der Waals surface area contributed by atoms with Gasteiger partial charge in [0.15, 0.2) is 17.7 Å². The molecule has 4 atom stereocenters. The lowest BCUT2D eigenvalue weighted by atomic mass is 10.1. The maximum Gasteiger partial charge on any atom is 0.405 e. The van der Waals surface area contributed by atoms with Crippen LogP contribution in [0.3, 0.4) is 0 Å². The first-order valence-electron chi connectivity index (χ1n) is 8.87. The Morgan fingerprint density at radius 1 is 1.38 bits per heavy atom. The Kier molecular flexibility index (Phi) is 4.75. The van der Waals surface area contributed by atoms with Gasteiger partial charge in [-0.3, -0.25) is 0 Å². The number of nitrogens with zero attached hydrogens (tertiary/aromatic N) is 4. The van der Waals surface area contributed by atoms with E-state index in [1.54, 1.807) is 13.8 Å². The Labute approximate surface area is 165 Å². The first-order valence-corrected chi connectivity index (χ1v) is 8.87. The lowest BCUT2D eigenvalue weighted by molar-refractivity contribution is -0.201. The fourth-order valence-electron chi connectivity index (χ4n) is 3.51. The average molecular weight is 404 g/mol. The largest absolute Gasteiger partial charge is 0.465 e. The molecule has 0 saturated carbocycles. The molecule has 12 nitrogen and oxygen atoms in total. The molecule has 0 spiro atoms. The number of carbonyl (C=O) groups is 1. The second-order valence-electron chi connectivity index (χ2n) is 7.02. The Bertz CT molecular complexity index is 1010. The number of rotatable bonds is 3. The van der Waals surface area contributed by atoms with Crippen LogP contribution in [0.4, 0.5) is 10.6 Å². The summed E-state index contributed by atoms with van der Waals surface area (Å²) < 4.78 is 19.3. The molecule has 29 heavy (non-hydrogen) atoms. The van der Waals surface area contributed by atoms with Gasteiger partial charge in [-0.25, -0.2) is 19.4 Å². The van der Waals surface area contributed by atoms with Crippen LogP contribution in [0.15, 0.2) is 6.33 Å². The average Bonchev–Trinajstić information content (AvgIpc) is 3.27. The fourth-order valence-corrected chi connectivity index (χ4v) is 3.51. The summed E-state index contributed by atoms with van der Waals surface area (Å²) >= 11 is 0. The molecule has 0 radical (unpaired) electrons. The van der Waals surface area contributed by atoms with Gasteiger partial charge in [0.05, 0.1) is 18.5 Å². The number of aromatic nitrogens is 4. The molecule has 5 N–H and O–H groups in total. The maximum absolute atomic E-state index is 10.6. The molecule has 2 aromatic rings. The number of ether oxygens (including phenoxy) is 3. The number of nitrogens with two attached hydrogens (primary N) is 1. The van der Waals surface area contributed by atoms with Crippen molar-refractivity contribution in [2.24, 2.45) is 0 Å². The van der Waals surface area contributed by atoms with Crippen LogP contribution < -0.4 is 11.1 Å². The van der Waals surface area contributed by atoms with E-state index in [0.717, 1.165) is 0 Å². The van der Waals surface area contributed by atoms with Crippen LogP contribution in [0.1, 0.15) is 25.8 Å². The van der Waals surface area contributed by atoms with Crippen molar-refractivity contribution in [1.29, 1.82) is 0 Å². The van der Waals surface area contributed by atoms with Gasteiger partial charge in [0.1, 0.15) is 36.2 Å². The minimum absolute atomic E-state index is 0.0837. The van der Waals surface area contributed by atoms with E-state index in [4.69, 9.17) is 25.1 Å². The van der Waals surface area contributed by atoms with E-state index >= 15 is 0 Å². The molecule has 2 saturated heterocycles. The summed E-state index contributed by atoms with van der Waals surface area (Å²) in [7, 11) is 0. The summed E-state index contributed by atoms with van der Waals surface area (Å²) in [5.41, 5.74) is 6.66. The van der Waals surface area contributed by atoms with Gasteiger partial charge in [0, 0.05) is 0 Å². The Hall–Kier alpha value is -2.98. The highest BCUT2D eigenvalue weighted by Crippen LogP contribution is 2.43. The van der Waals surface area contributed by atoms with Gasteiger partial charge in [-0.15, -0.1) is 0 Å². The number of hydrogen-bond donors (Lipinski definition) is 4. The molecular weight excluding hydrogens is 384 g/mol. The number of fused-ring (bicyclic) bond motifs is 2. The molecule has 12 heteroatoms. The van der Waals surface area contributed by atoms with Crippen LogP contribution in [-0.4, -0.2) is 73.3 Å². The van der Waals surface area contributed by atoms with Gasteiger partial charge >= 0.3 is 6.09 Å². The zero-order valence-electron chi connectivity index (χ0n) is 15.7. The van der Waals surface area contributed by atoms with Crippen molar-refractivity contribution in [3.8, 4) is 11.8 Å². The van der Waals surface area contributed by atoms with Crippen molar-refractivity contribution in [3.63, 3.8) is 0 Å². The standard InChI is InChI=1S/C17H20N6O6/c1-17(2)28-11-9(6-24)27-15(12(11)29-17)23-14-10(13(18)20-7-21-14)8(22-23)4-3-5-19-16(25)26/h7,9,11-12,15,19,24H,5-6H2,1-2H3,(H,25,26)(H2,18,20,21)/t9-,11-,12-,15-/m1/s1. The number of aliphatic hydroxyl groups excluding tert-OH is 1. The number of aliphatic hydroxyl groups is 1. The smallest absolute Gasteiger partial charge is 0.405 e. The van der Waals surface area contributed by atoms with Crippen molar-refractivity contribution in [1.82, 2.24) is 25.1 Å². The predicted molar refractivity (Wildman–Crippen MR) is 97.5 cm³/mol. The molecule has 2 aliphatic rings. The molecule has 0 unspecified atom stereocenters. The molecule has 154 valence electrons. The summed E-state index contributed by atoms with van der Waals surface area (Å²) in [6, 6.07) is 0. The second-order valence-corrected chi connectivity index (χ2v) is 7.02. The molecule has 2 aromatic heterocycles. The van der Waals surface area contributed by atoms with Gasteiger partial charge in [0.2, 0.25) is 0 Å². The van der Waals surface area contributed by atoms with E-state index in [2.05, 4.69) is 32.2 Å². The van der Waals surface area contributed by atoms with Gasteiger partial charge in [-0.05, 0) is 19.8 Å². The van der Waals surface area contributed by atoms with Crippen molar-refractivity contribution < 1.29 is 29.2 Å². The molecule has 4 rings (SSSR count). The summed E-state index contributed by atoms with van der Waals surface area (Å²) in [5, 5.41) is 25.4. The second kappa shape index (κ2) is 7.12. The molecule has 2 fully saturated rings. The Morgan fingerprint density at radius 2 is 2.14 bits per heavy atom. The zero-order valence-corrected chi connectivity index (χ0v) is 15.7. The first kappa shape index (κ1) is 19.3. The summed E-state index contributed by atoms with van der Waals surface area (Å²) in [5.74, 6) is 4.79. The lowest BCUT2D eigenvalue weighted by Crippen LogP contribution is -2.31. The number of amides is 1. The van der Waals surface area contributed by atoms with E-state index < -0.39 is 36.4 Å². The van der Waals surface area contributed by atoms with Crippen LogP contribution in [0.5, 0.6) is 0 Å². The Balaban J connectivity index is 1.74. The summed E-state index contributed by atoms with van der Waals surface area (Å²) in [6.45, 7) is 3.23. The van der Waals surface area contributed by atoms with E-state index in [-0.39, 0.29) is 24.7 Å². The molecular formula is C17H20N6O6. The number of hydrogen-bond acceptors (Lipinski definition) is 9. The third-order valence-electron chi connectivity index (χ3n) is 4.60. The number of nitrogen functional groups attached to an aromatic ring is 1. The van der Waals surface area contributed by atoms with Crippen molar-refractivity contribution in [2.75, 3.05) is 18.9 Å². The monoisotopic (exact) mass is 404 g/mol. The first-order chi connectivity index (χ1) is 13.8. The highest BCUT2D eigenvalue weighted by atomic mass is 16.8. The number of nitrogens with one attached hydrogen (secondary N) is 1. The molecule has 0 aromatic carbocycles. The van der Waals surface area contributed by atoms with Crippen molar-refractivity contribution in [3.05, 3.63) is 12.0 Å². The normalized spacial score (nSPS) is 27.4. The minimum Gasteiger partial charge on any atom is -0.465 e. The van der Waals surface area contributed by atoms with Crippen molar-refractivity contribution >= 4 is 22.9 Å². The molecule has 2 aliphatic heterocycles. The van der Waals surface area contributed by atoms with Crippen molar-refractivity contribution in [2.45, 2.75) is 44.2 Å². The van der Waals surface area contributed by atoms with E-state index in [1.807, 2.05) is 0 Å². The SMILES string of the molecule is CC1(C)O[C@@H]2[C@H](O1)[C@@H](CO)O[C@H]2n1nc(C#CCNC(=O)O)c2c(N)ncnc21. The zero-order chi connectivity index (χ0) is 20.8.